The van der Waals surface area contributed by atoms with Crippen molar-refractivity contribution in [3.05, 3.63) is 69.6 Å². The van der Waals surface area contributed by atoms with Crippen LogP contribution in [0.3, 0.4) is 0 Å². The lowest BCUT2D eigenvalue weighted by atomic mass is 10.1. The molecule has 3 rings (SSSR count). The molecule has 156 valence electrons. The van der Waals surface area contributed by atoms with Gasteiger partial charge in [0, 0.05) is 38.9 Å². The van der Waals surface area contributed by atoms with E-state index in [-0.39, 0.29) is 12.5 Å². The maximum absolute atomic E-state index is 12.9. The van der Waals surface area contributed by atoms with Gasteiger partial charge in [0.1, 0.15) is 12.1 Å². The Hall–Kier alpha value is -2.61. The lowest BCUT2D eigenvalue weighted by Crippen LogP contribution is -2.39. The fraction of sp³-hybridized carbons (Fsp3) is 0.429. The summed E-state index contributed by atoms with van der Waals surface area (Å²) in [5.41, 5.74) is 0.00817. The zero-order valence-electron chi connectivity index (χ0n) is 16.3. The highest BCUT2D eigenvalue weighted by Gasteiger charge is 2.34. The molecular weight excluding hydrogens is 383 g/mol. The third-order valence-corrected chi connectivity index (χ3v) is 5.23. The molecule has 0 saturated carbocycles. The van der Waals surface area contributed by atoms with Gasteiger partial charge in [-0.1, -0.05) is 24.3 Å². The molecule has 1 aromatic carbocycles. The molecule has 2 heterocycles. The van der Waals surface area contributed by atoms with Gasteiger partial charge in [0.05, 0.1) is 0 Å². The Bertz CT molecular complexity index is 924. The van der Waals surface area contributed by atoms with E-state index in [1.54, 1.807) is 4.90 Å². The summed E-state index contributed by atoms with van der Waals surface area (Å²) in [7, 11) is 0. The second-order valence-electron chi connectivity index (χ2n) is 7.29. The van der Waals surface area contributed by atoms with E-state index in [9.17, 15) is 22.8 Å². The van der Waals surface area contributed by atoms with Crippen LogP contribution in [0.5, 0.6) is 0 Å². The zero-order chi connectivity index (χ0) is 21.0. The molecule has 0 unspecified atom stereocenters. The van der Waals surface area contributed by atoms with E-state index >= 15 is 0 Å². The molecule has 0 atom stereocenters. The van der Waals surface area contributed by atoms with E-state index in [4.69, 9.17) is 0 Å². The summed E-state index contributed by atoms with van der Waals surface area (Å²) in [6.07, 6.45) is -2.74. The number of carbonyl (C=O) groups excluding carboxylic acids is 1. The molecular formula is C21H24F3N3O2. The van der Waals surface area contributed by atoms with Crippen LogP contribution in [-0.4, -0.2) is 46.5 Å². The van der Waals surface area contributed by atoms with Gasteiger partial charge in [-0.2, -0.15) is 13.2 Å². The number of hydrogen-bond acceptors (Lipinski definition) is 3. The average molecular weight is 407 g/mol. The van der Waals surface area contributed by atoms with Gasteiger partial charge in [-0.05, 0) is 36.6 Å². The third-order valence-electron chi connectivity index (χ3n) is 5.23. The fourth-order valence-electron chi connectivity index (χ4n) is 3.53. The van der Waals surface area contributed by atoms with Crippen LogP contribution in [0.2, 0.25) is 0 Å². The van der Waals surface area contributed by atoms with Crippen molar-refractivity contribution in [3.63, 3.8) is 0 Å². The smallest absolute Gasteiger partial charge is 0.340 e. The summed E-state index contributed by atoms with van der Waals surface area (Å²) < 4.78 is 39.6. The number of hydrogen-bond donors (Lipinski definition) is 0. The Morgan fingerprint density at radius 2 is 1.79 bits per heavy atom. The first-order valence-electron chi connectivity index (χ1n) is 9.57. The summed E-state index contributed by atoms with van der Waals surface area (Å²) in [5, 5.41) is 0. The van der Waals surface area contributed by atoms with Gasteiger partial charge in [-0.3, -0.25) is 14.5 Å². The maximum atomic E-state index is 12.9. The first-order chi connectivity index (χ1) is 13.8. The van der Waals surface area contributed by atoms with E-state index in [2.05, 4.69) is 24.0 Å². The van der Waals surface area contributed by atoms with Crippen molar-refractivity contribution >= 4 is 5.91 Å². The monoisotopic (exact) mass is 407 g/mol. The number of nitrogens with zero attached hydrogens (tertiary/aromatic N) is 3. The maximum Gasteiger partial charge on any atom is 0.421 e. The zero-order valence-corrected chi connectivity index (χ0v) is 16.3. The van der Waals surface area contributed by atoms with Gasteiger partial charge in [0.2, 0.25) is 5.91 Å². The predicted molar refractivity (Wildman–Crippen MR) is 103 cm³/mol. The van der Waals surface area contributed by atoms with Gasteiger partial charge in [0.15, 0.2) is 0 Å². The van der Waals surface area contributed by atoms with Crippen LogP contribution < -0.4 is 5.56 Å². The first kappa shape index (κ1) is 21.1. The number of amides is 1. The number of halogens is 3. The SMILES string of the molecule is Cc1ccccc1CN1CCCN(C(=O)Cn2cccc(C(F)(F)F)c2=O)CC1. The second-order valence-corrected chi connectivity index (χ2v) is 7.29. The normalized spacial score (nSPS) is 15.9. The minimum atomic E-state index is -4.73. The predicted octanol–water partition coefficient (Wildman–Crippen LogP) is 2.91. The summed E-state index contributed by atoms with van der Waals surface area (Å²) in [6, 6.07) is 10.0. The molecule has 0 bridgehead atoms. The molecule has 0 radical (unpaired) electrons. The van der Waals surface area contributed by atoms with Gasteiger partial charge in [-0.25, -0.2) is 0 Å². The van der Waals surface area contributed by atoms with Crippen LogP contribution in [-0.2, 0) is 24.1 Å². The molecule has 1 amide bonds. The number of rotatable bonds is 4. The Morgan fingerprint density at radius 1 is 1.03 bits per heavy atom. The lowest BCUT2D eigenvalue weighted by molar-refractivity contribution is -0.139. The van der Waals surface area contributed by atoms with Gasteiger partial charge in [-0.15, -0.1) is 0 Å². The summed E-state index contributed by atoms with van der Waals surface area (Å²) in [5.74, 6) is -0.343. The number of benzene rings is 1. The van der Waals surface area contributed by atoms with Crippen molar-refractivity contribution in [2.45, 2.75) is 32.6 Å². The van der Waals surface area contributed by atoms with Crippen LogP contribution in [0, 0.1) is 6.92 Å². The van der Waals surface area contributed by atoms with Crippen molar-refractivity contribution < 1.29 is 18.0 Å². The second kappa shape index (κ2) is 8.82. The molecule has 0 aliphatic carbocycles. The van der Waals surface area contributed by atoms with Crippen LogP contribution in [0.4, 0.5) is 13.2 Å². The van der Waals surface area contributed by atoms with Crippen LogP contribution in [0.1, 0.15) is 23.1 Å². The number of aryl methyl sites for hydroxylation is 1. The molecule has 1 aliphatic heterocycles. The number of carbonyl (C=O) groups is 1. The van der Waals surface area contributed by atoms with E-state index in [0.29, 0.717) is 19.6 Å². The summed E-state index contributed by atoms with van der Waals surface area (Å²) in [4.78, 5) is 28.6. The van der Waals surface area contributed by atoms with Gasteiger partial charge >= 0.3 is 6.18 Å². The van der Waals surface area contributed by atoms with Crippen molar-refractivity contribution in [3.8, 4) is 0 Å². The fourth-order valence-corrected chi connectivity index (χ4v) is 3.53. The minimum Gasteiger partial charge on any atom is -0.340 e. The highest BCUT2D eigenvalue weighted by molar-refractivity contribution is 5.76. The van der Waals surface area contributed by atoms with E-state index < -0.39 is 17.3 Å². The minimum absolute atomic E-state index is 0.343. The molecule has 29 heavy (non-hydrogen) atoms. The molecule has 0 N–H and O–H groups in total. The van der Waals surface area contributed by atoms with Crippen LogP contribution in [0.25, 0.3) is 0 Å². The molecule has 1 fully saturated rings. The Morgan fingerprint density at radius 3 is 2.52 bits per heavy atom. The van der Waals surface area contributed by atoms with E-state index in [0.717, 1.165) is 36.2 Å². The van der Waals surface area contributed by atoms with Crippen molar-refractivity contribution in [2.75, 3.05) is 26.2 Å². The highest BCUT2D eigenvalue weighted by atomic mass is 19.4. The highest BCUT2D eigenvalue weighted by Crippen LogP contribution is 2.26. The number of aromatic nitrogens is 1. The molecule has 5 nitrogen and oxygen atoms in total. The quantitative estimate of drug-likeness (QED) is 0.783. The Kier molecular flexibility index (Phi) is 6.42. The Labute approximate surface area is 167 Å². The lowest BCUT2D eigenvalue weighted by Gasteiger charge is -2.23. The van der Waals surface area contributed by atoms with Crippen molar-refractivity contribution in [2.24, 2.45) is 0 Å². The third kappa shape index (κ3) is 5.26. The topological polar surface area (TPSA) is 45.5 Å². The molecule has 1 saturated heterocycles. The standard InChI is InChI=1S/C21H24F3N3O2/c1-16-6-2-3-7-17(16)14-25-9-5-11-26(13-12-25)19(28)15-27-10-4-8-18(20(27)29)21(22,23)24/h2-4,6-8,10H,5,9,11-15H2,1H3. The number of alkyl halides is 3. The largest absolute Gasteiger partial charge is 0.421 e. The van der Waals surface area contributed by atoms with Crippen LogP contribution in [0.15, 0.2) is 47.4 Å². The van der Waals surface area contributed by atoms with E-state index in [1.807, 2.05) is 12.1 Å². The molecule has 1 aromatic heterocycles. The molecule has 1 aliphatic rings. The molecule has 2 aromatic rings. The van der Waals surface area contributed by atoms with Crippen molar-refractivity contribution in [1.29, 1.82) is 0 Å². The van der Waals surface area contributed by atoms with Gasteiger partial charge < -0.3 is 9.47 Å². The summed E-state index contributed by atoms with van der Waals surface area (Å²) in [6.45, 7) is 4.99. The van der Waals surface area contributed by atoms with Crippen LogP contribution >= 0.6 is 0 Å². The van der Waals surface area contributed by atoms with E-state index in [1.165, 1.54) is 17.3 Å². The molecule has 0 spiro atoms. The van der Waals surface area contributed by atoms with Gasteiger partial charge in [0.25, 0.3) is 5.56 Å². The molecule has 8 heteroatoms. The van der Waals surface area contributed by atoms with Crippen molar-refractivity contribution in [1.82, 2.24) is 14.4 Å². The summed E-state index contributed by atoms with van der Waals surface area (Å²) >= 11 is 0. The number of pyridine rings is 1. The first-order valence-corrected chi connectivity index (χ1v) is 9.57. The Balaban J connectivity index is 1.63. The average Bonchev–Trinajstić information content (AvgIpc) is 2.90.